The number of benzene rings is 1. The Kier molecular flexibility index (Phi) is 8.51. The highest BCUT2D eigenvalue weighted by Crippen LogP contribution is 2.29. The molecule has 192 valence electrons. The molecule has 0 unspecified atom stereocenters. The van der Waals surface area contributed by atoms with Crippen LogP contribution in [-0.4, -0.2) is 66.2 Å². The van der Waals surface area contributed by atoms with Crippen LogP contribution in [0.25, 0.3) is 0 Å². The van der Waals surface area contributed by atoms with E-state index in [2.05, 4.69) is 30.9 Å². The molecule has 1 saturated carbocycles. The minimum atomic E-state index is -3.17. The zero-order valence-electron chi connectivity index (χ0n) is 20.3. The van der Waals surface area contributed by atoms with Crippen LogP contribution in [0, 0.1) is 0 Å². The summed E-state index contributed by atoms with van der Waals surface area (Å²) >= 11 is 6.29. The highest BCUT2D eigenvalue weighted by Gasteiger charge is 2.25. The van der Waals surface area contributed by atoms with Gasteiger partial charge >= 0.3 is 0 Å². The van der Waals surface area contributed by atoms with E-state index in [1.807, 2.05) is 6.07 Å². The average molecular weight is 524 g/mol. The maximum Gasteiger partial charge on any atom is 0.233 e. The largest absolute Gasteiger partial charge is 0.495 e. The number of hydrogen-bond donors (Lipinski definition) is 3. The summed E-state index contributed by atoms with van der Waals surface area (Å²) in [5, 5.41) is 10.6. The van der Waals surface area contributed by atoms with Gasteiger partial charge in [0.05, 0.1) is 18.4 Å². The second-order valence-corrected chi connectivity index (χ2v) is 11.6. The van der Waals surface area contributed by atoms with Crippen LogP contribution in [0.2, 0.25) is 5.02 Å². The topological polar surface area (TPSA) is 121 Å². The fourth-order valence-electron chi connectivity index (χ4n) is 4.55. The molecule has 4 rings (SSSR count). The maximum absolute atomic E-state index is 11.8. The van der Waals surface area contributed by atoms with Gasteiger partial charge < -0.3 is 20.7 Å². The highest BCUT2D eigenvalue weighted by atomic mass is 35.5. The van der Waals surface area contributed by atoms with Crippen LogP contribution < -0.4 is 20.7 Å². The van der Waals surface area contributed by atoms with Crippen molar-refractivity contribution in [2.75, 3.05) is 42.4 Å². The molecule has 1 aliphatic carbocycles. The fraction of sp³-hybridized carbons (Fsp3) is 0.609. The SMILES string of the molecule is COc1ccc(Nc2nc(NC3CCCCCC3)nc(NC3CCN(S(C)(=O)=O)CC3)n2)cc1Cl. The van der Waals surface area contributed by atoms with Crippen molar-refractivity contribution in [3.63, 3.8) is 0 Å². The van der Waals surface area contributed by atoms with E-state index < -0.39 is 10.0 Å². The van der Waals surface area contributed by atoms with Crippen molar-refractivity contribution >= 4 is 45.2 Å². The van der Waals surface area contributed by atoms with Crippen LogP contribution >= 0.6 is 11.6 Å². The van der Waals surface area contributed by atoms with Crippen LogP contribution in [0.1, 0.15) is 51.4 Å². The van der Waals surface area contributed by atoms with Gasteiger partial charge in [-0.25, -0.2) is 12.7 Å². The van der Waals surface area contributed by atoms with E-state index in [0.717, 1.165) is 18.5 Å². The van der Waals surface area contributed by atoms with Crippen LogP contribution in [-0.2, 0) is 10.0 Å². The molecule has 2 aromatic rings. The molecule has 12 heteroatoms. The normalized spacial score (nSPS) is 18.6. The summed E-state index contributed by atoms with van der Waals surface area (Å²) in [6, 6.07) is 5.79. The molecule has 2 aliphatic rings. The third kappa shape index (κ3) is 7.31. The Morgan fingerprint density at radius 3 is 2.03 bits per heavy atom. The summed E-state index contributed by atoms with van der Waals surface area (Å²) in [5.41, 5.74) is 0.731. The number of aromatic nitrogens is 3. The van der Waals surface area contributed by atoms with Crippen molar-refractivity contribution in [3.05, 3.63) is 23.2 Å². The van der Waals surface area contributed by atoms with Crippen molar-refractivity contribution < 1.29 is 13.2 Å². The molecule has 0 radical (unpaired) electrons. The number of nitrogens with zero attached hydrogens (tertiary/aromatic N) is 4. The Morgan fingerprint density at radius 1 is 0.914 bits per heavy atom. The highest BCUT2D eigenvalue weighted by molar-refractivity contribution is 7.88. The van der Waals surface area contributed by atoms with Crippen LogP contribution in [0.15, 0.2) is 18.2 Å². The molecular weight excluding hydrogens is 490 g/mol. The quantitative estimate of drug-likeness (QED) is 0.436. The van der Waals surface area contributed by atoms with Gasteiger partial charge in [-0.05, 0) is 43.9 Å². The number of anilines is 4. The van der Waals surface area contributed by atoms with E-state index in [1.165, 1.54) is 36.2 Å². The maximum atomic E-state index is 11.8. The third-order valence-corrected chi connectivity index (χ3v) is 8.09. The van der Waals surface area contributed by atoms with Crippen LogP contribution in [0.5, 0.6) is 5.75 Å². The van der Waals surface area contributed by atoms with Gasteiger partial charge in [-0.3, -0.25) is 0 Å². The second-order valence-electron chi connectivity index (χ2n) is 9.19. The summed E-state index contributed by atoms with van der Waals surface area (Å²) < 4.78 is 30.4. The van der Waals surface area contributed by atoms with E-state index in [0.29, 0.717) is 60.6 Å². The van der Waals surface area contributed by atoms with Gasteiger partial charge in [-0.1, -0.05) is 37.3 Å². The molecule has 2 fully saturated rings. The van der Waals surface area contributed by atoms with E-state index in [-0.39, 0.29) is 6.04 Å². The molecule has 0 spiro atoms. The van der Waals surface area contributed by atoms with Crippen LogP contribution in [0.3, 0.4) is 0 Å². The molecule has 0 atom stereocenters. The molecule has 1 saturated heterocycles. The molecule has 0 amide bonds. The Balaban J connectivity index is 1.52. The number of methoxy groups -OCH3 is 1. The van der Waals surface area contributed by atoms with Crippen LogP contribution in [0.4, 0.5) is 23.5 Å². The van der Waals surface area contributed by atoms with Crippen molar-refractivity contribution in [1.29, 1.82) is 0 Å². The number of nitrogens with one attached hydrogen (secondary N) is 3. The molecule has 1 aliphatic heterocycles. The number of halogens is 1. The van der Waals surface area contributed by atoms with Gasteiger partial charge in [0, 0.05) is 30.9 Å². The minimum absolute atomic E-state index is 0.0735. The van der Waals surface area contributed by atoms with E-state index in [1.54, 1.807) is 19.2 Å². The summed E-state index contributed by atoms with van der Waals surface area (Å²) in [6.07, 6.45) is 9.72. The average Bonchev–Trinajstić information content (AvgIpc) is 3.07. The zero-order valence-corrected chi connectivity index (χ0v) is 21.8. The smallest absolute Gasteiger partial charge is 0.233 e. The Labute approximate surface area is 212 Å². The first-order chi connectivity index (χ1) is 16.8. The van der Waals surface area contributed by atoms with E-state index in [4.69, 9.17) is 16.3 Å². The first kappa shape index (κ1) is 25.7. The van der Waals surface area contributed by atoms with E-state index in [9.17, 15) is 8.42 Å². The predicted octanol–water partition coefficient (Wildman–Crippen LogP) is 4.25. The summed E-state index contributed by atoms with van der Waals surface area (Å²) in [7, 11) is -1.60. The van der Waals surface area contributed by atoms with Crippen molar-refractivity contribution in [3.8, 4) is 5.75 Å². The molecule has 1 aromatic heterocycles. The molecule has 0 bridgehead atoms. The van der Waals surface area contributed by atoms with E-state index >= 15 is 0 Å². The molecule has 10 nitrogen and oxygen atoms in total. The molecule has 3 N–H and O–H groups in total. The summed E-state index contributed by atoms with van der Waals surface area (Å²) in [6.45, 7) is 0.953. The standard InChI is InChI=1S/C23H34ClN7O3S/c1-34-20-10-9-18(15-19(20)24)27-23-29-21(25-16-7-5-3-4-6-8-16)28-22(30-23)26-17-11-13-31(14-12-17)35(2,32)33/h9-10,15-17H,3-8,11-14H2,1-2H3,(H3,25,26,27,28,29,30). The first-order valence-electron chi connectivity index (χ1n) is 12.1. The number of piperidine rings is 1. The number of rotatable bonds is 8. The van der Waals surface area contributed by atoms with Gasteiger partial charge in [0.1, 0.15) is 5.75 Å². The monoisotopic (exact) mass is 523 g/mol. The van der Waals surface area contributed by atoms with Crippen molar-refractivity contribution in [2.45, 2.75) is 63.5 Å². The number of sulfonamides is 1. The lowest BCUT2D eigenvalue weighted by Gasteiger charge is -2.30. The van der Waals surface area contributed by atoms with Gasteiger partial charge in [0.2, 0.25) is 27.9 Å². The molecule has 1 aromatic carbocycles. The number of ether oxygens (including phenoxy) is 1. The molecule has 35 heavy (non-hydrogen) atoms. The molecule has 2 heterocycles. The summed E-state index contributed by atoms with van der Waals surface area (Å²) in [4.78, 5) is 13.8. The van der Waals surface area contributed by atoms with Gasteiger partial charge in [0.15, 0.2) is 0 Å². The zero-order chi connectivity index (χ0) is 24.8. The fourth-order valence-corrected chi connectivity index (χ4v) is 5.69. The predicted molar refractivity (Wildman–Crippen MR) is 139 cm³/mol. The second kappa shape index (κ2) is 11.6. The van der Waals surface area contributed by atoms with Crippen molar-refractivity contribution in [2.24, 2.45) is 0 Å². The summed E-state index contributed by atoms with van der Waals surface area (Å²) in [5.74, 6) is 1.96. The minimum Gasteiger partial charge on any atom is -0.495 e. The Morgan fingerprint density at radius 2 is 1.49 bits per heavy atom. The van der Waals surface area contributed by atoms with Crippen molar-refractivity contribution in [1.82, 2.24) is 19.3 Å². The van der Waals surface area contributed by atoms with Gasteiger partial charge in [0.25, 0.3) is 0 Å². The third-order valence-electron chi connectivity index (χ3n) is 6.49. The Hall–Kier alpha value is -2.37. The van der Waals surface area contributed by atoms with Gasteiger partial charge in [-0.2, -0.15) is 15.0 Å². The number of hydrogen-bond acceptors (Lipinski definition) is 9. The first-order valence-corrected chi connectivity index (χ1v) is 14.4. The lowest BCUT2D eigenvalue weighted by atomic mass is 10.1. The Bertz CT molecular complexity index is 1100. The lowest BCUT2D eigenvalue weighted by Crippen LogP contribution is -2.42. The molecular formula is C23H34ClN7O3S. The van der Waals surface area contributed by atoms with Gasteiger partial charge in [-0.15, -0.1) is 0 Å². The lowest BCUT2D eigenvalue weighted by molar-refractivity contribution is 0.331.